The zero-order valence-corrected chi connectivity index (χ0v) is 22.8. The number of methoxy groups -OCH3 is 1. The van der Waals surface area contributed by atoms with E-state index in [0.717, 1.165) is 5.56 Å². The number of esters is 1. The number of benzene rings is 2. The predicted molar refractivity (Wildman–Crippen MR) is 143 cm³/mol. The van der Waals surface area contributed by atoms with Gasteiger partial charge in [0.1, 0.15) is 42.3 Å². The quantitative estimate of drug-likeness (QED) is 0.158. The number of hydrogen-bond acceptors (Lipinski definition) is 9. The Morgan fingerprint density at radius 2 is 1.57 bits per heavy atom. The zero-order valence-electron chi connectivity index (χ0n) is 21.3. The number of hydrogen-bond donors (Lipinski definition) is 0. The maximum Gasteiger partial charge on any atom is 0.360 e. The Morgan fingerprint density at radius 1 is 0.946 bits per heavy atom. The van der Waals surface area contributed by atoms with Crippen molar-refractivity contribution in [1.82, 2.24) is 0 Å². The van der Waals surface area contributed by atoms with Crippen molar-refractivity contribution in [1.29, 1.82) is 0 Å². The summed E-state index contributed by atoms with van der Waals surface area (Å²) in [5, 5.41) is 12.1. The fraction of sp³-hybridized carbons (Fsp3) is 0.385. The van der Waals surface area contributed by atoms with Gasteiger partial charge in [-0.15, -0.1) is 23.2 Å². The number of alkyl halides is 2. The summed E-state index contributed by atoms with van der Waals surface area (Å²) in [6, 6.07) is 14.4. The minimum absolute atomic E-state index is 0.0207. The Balaban J connectivity index is 1.70. The molecule has 1 unspecified atom stereocenters. The smallest absolute Gasteiger partial charge is 0.360 e. The third kappa shape index (κ3) is 6.93. The summed E-state index contributed by atoms with van der Waals surface area (Å²) in [6.07, 6.45) is 0.690. The summed E-state index contributed by atoms with van der Waals surface area (Å²) >= 11 is 12.4. The summed E-state index contributed by atoms with van der Waals surface area (Å²) in [4.78, 5) is 27.6. The lowest BCUT2D eigenvalue weighted by Gasteiger charge is -2.14. The van der Waals surface area contributed by atoms with Gasteiger partial charge in [-0.05, 0) is 37.6 Å². The van der Waals surface area contributed by atoms with Crippen LogP contribution in [0.3, 0.4) is 0 Å². The first kappa shape index (κ1) is 28.3. The highest BCUT2D eigenvalue weighted by molar-refractivity contribution is 6.51. The number of halogens is 2. The molecule has 3 rings (SSSR count). The predicted octanol–water partition coefficient (Wildman–Crippen LogP) is 5.12. The van der Waals surface area contributed by atoms with Gasteiger partial charge in [-0.25, -0.2) is 4.79 Å². The van der Waals surface area contributed by atoms with E-state index < -0.39 is 10.3 Å². The van der Waals surface area contributed by atoms with Crippen molar-refractivity contribution in [2.45, 2.75) is 31.2 Å². The van der Waals surface area contributed by atoms with E-state index in [9.17, 15) is 4.79 Å². The minimum atomic E-state index is -0.739. The number of nitrogens with zero attached hydrogens (tertiary/aromatic N) is 3. The topological polar surface area (TPSA) is 100 Å². The summed E-state index contributed by atoms with van der Waals surface area (Å²) in [6.45, 7) is 4.21. The molecule has 37 heavy (non-hydrogen) atoms. The summed E-state index contributed by atoms with van der Waals surface area (Å²) < 4.78 is 9.93. The minimum Gasteiger partial charge on any atom is -0.493 e. The van der Waals surface area contributed by atoms with Gasteiger partial charge in [-0.2, -0.15) is 0 Å². The lowest BCUT2D eigenvalue weighted by molar-refractivity contribution is -0.132. The van der Waals surface area contributed by atoms with Crippen LogP contribution in [0, 0.1) is 5.41 Å². The van der Waals surface area contributed by atoms with Gasteiger partial charge in [0, 0.05) is 22.1 Å². The molecule has 198 valence electrons. The number of ether oxygens (including phenoxy) is 2. The maximum absolute atomic E-state index is 12.1. The first-order valence-electron chi connectivity index (χ1n) is 11.3. The molecule has 1 aliphatic carbocycles. The molecule has 1 aliphatic rings. The molecular formula is C26H29Cl2N3O6. The van der Waals surface area contributed by atoms with E-state index >= 15 is 0 Å². The van der Waals surface area contributed by atoms with Crippen molar-refractivity contribution >= 4 is 46.3 Å². The van der Waals surface area contributed by atoms with Crippen LogP contribution in [0.1, 0.15) is 37.0 Å². The monoisotopic (exact) mass is 549 g/mol. The van der Waals surface area contributed by atoms with Gasteiger partial charge in [0.05, 0.1) is 13.7 Å². The average Bonchev–Trinajstić information content (AvgIpc) is 3.41. The molecule has 0 bridgehead atoms. The molecule has 0 amide bonds. The number of rotatable bonds is 12. The highest BCUT2D eigenvalue weighted by Gasteiger charge is 2.63. The molecule has 9 nitrogen and oxygen atoms in total. The van der Waals surface area contributed by atoms with Crippen molar-refractivity contribution in [3.8, 4) is 5.75 Å². The number of carbonyl (C=O) groups excluding carboxylic acids is 1. The van der Waals surface area contributed by atoms with Crippen molar-refractivity contribution < 1.29 is 28.8 Å². The lowest BCUT2D eigenvalue weighted by Crippen LogP contribution is -2.19. The van der Waals surface area contributed by atoms with Crippen molar-refractivity contribution in [3.63, 3.8) is 0 Å². The van der Waals surface area contributed by atoms with Gasteiger partial charge in [0.2, 0.25) is 0 Å². The average molecular weight is 550 g/mol. The fourth-order valence-corrected chi connectivity index (χ4v) is 4.18. The van der Waals surface area contributed by atoms with E-state index in [2.05, 4.69) is 15.5 Å². The molecule has 11 heteroatoms. The molecular weight excluding hydrogens is 521 g/mol. The third-order valence-electron chi connectivity index (χ3n) is 5.84. The van der Waals surface area contributed by atoms with Crippen LogP contribution in [-0.2, 0) is 30.7 Å². The lowest BCUT2D eigenvalue weighted by atomic mass is 10.0. The van der Waals surface area contributed by atoms with Crippen LogP contribution >= 0.6 is 23.2 Å². The molecule has 1 saturated carbocycles. The van der Waals surface area contributed by atoms with Gasteiger partial charge in [-0.3, -0.25) is 0 Å². The Labute approximate surface area is 225 Å². The third-order valence-corrected chi connectivity index (χ3v) is 7.02. The molecule has 0 heterocycles. The van der Waals surface area contributed by atoms with Crippen molar-refractivity contribution in [2.24, 2.45) is 20.9 Å². The second kappa shape index (κ2) is 12.3. The van der Waals surface area contributed by atoms with E-state index in [1.54, 1.807) is 25.1 Å². The van der Waals surface area contributed by atoms with Crippen LogP contribution in [0.4, 0.5) is 0 Å². The Hall–Kier alpha value is -3.30. The van der Waals surface area contributed by atoms with Crippen molar-refractivity contribution in [2.75, 3.05) is 27.9 Å². The first-order valence-corrected chi connectivity index (χ1v) is 12.1. The van der Waals surface area contributed by atoms with Crippen LogP contribution in [-0.4, -0.2) is 55.4 Å². The van der Waals surface area contributed by atoms with E-state index in [-0.39, 0.29) is 17.7 Å². The Kier molecular flexibility index (Phi) is 9.39. The second-order valence-corrected chi connectivity index (χ2v) is 10.1. The molecule has 1 atom stereocenters. The molecule has 2 aromatic carbocycles. The van der Waals surface area contributed by atoms with Crippen LogP contribution in [0.2, 0.25) is 0 Å². The van der Waals surface area contributed by atoms with Crippen LogP contribution in [0.5, 0.6) is 5.75 Å². The summed E-state index contributed by atoms with van der Waals surface area (Å²) in [5.41, 5.74) is 2.64. The molecule has 0 radical (unpaired) electrons. The molecule has 0 aliphatic heterocycles. The van der Waals surface area contributed by atoms with Crippen LogP contribution < -0.4 is 4.74 Å². The normalized spacial score (nSPS) is 19.2. The van der Waals surface area contributed by atoms with Gasteiger partial charge in [-0.1, -0.05) is 46.7 Å². The fourth-order valence-electron chi connectivity index (χ4n) is 3.48. The van der Waals surface area contributed by atoms with E-state index in [1.807, 2.05) is 37.3 Å². The molecule has 0 N–H and O–H groups in total. The summed E-state index contributed by atoms with van der Waals surface area (Å²) in [5.74, 6) is 0.0474. The molecule has 1 fully saturated rings. The number of carbonyl (C=O) groups is 1. The second-order valence-electron chi connectivity index (χ2n) is 8.60. The number of oxime groups is 3. The Morgan fingerprint density at radius 3 is 2.16 bits per heavy atom. The van der Waals surface area contributed by atoms with Crippen LogP contribution in [0.15, 0.2) is 64.0 Å². The van der Waals surface area contributed by atoms with Crippen molar-refractivity contribution in [3.05, 3.63) is 65.2 Å². The van der Waals surface area contributed by atoms with E-state index in [4.69, 9.17) is 47.2 Å². The van der Waals surface area contributed by atoms with Gasteiger partial charge in [0.25, 0.3) is 0 Å². The highest BCUT2D eigenvalue weighted by atomic mass is 35.5. The zero-order chi connectivity index (χ0) is 27.1. The maximum atomic E-state index is 12.1. The molecule has 0 spiro atoms. The molecule has 2 aromatic rings. The SMILES string of the molecule is CON=C(C(C)=NOCc1ccccc1C(=NOC)C(=O)OC)c1ccc(OCC2(C)CC2(Cl)Cl)cc1. The summed E-state index contributed by atoms with van der Waals surface area (Å²) in [7, 11) is 4.07. The van der Waals surface area contributed by atoms with Crippen LogP contribution in [0.25, 0.3) is 0 Å². The van der Waals surface area contributed by atoms with E-state index in [1.165, 1.54) is 21.3 Å². The largest absolute Gasteiger partial charge is 0.493 e. The van der Waals surface area contributed by atoms with E-state index in [0.29, 0.717) is 41.3 Å². The van der Waals surface area contributed by atoms with Gasteiger partial charge in [0.15, 0.2) is 5.71 Å². The highest BCUT2D eigenvalue weighted by Crippen LogP contribution is 2.63. The molecule has 0 aromatic heterocycles. The molecule has 0 saturated heterocycles. The standard InChI is InChI=1S/C26H29Cl2N3O6/c1-17(29-37-14-19-8-6-7-9-21(19)23(31-35-5)24(32)33-3)22(30-34-4)18-10-12-20(13-11-18)36-16-25(2)15-26(25,27)28/h6-13H,14-16H2,1-5H3. The first-order chi connectivity index (χ1) is 17.7. The van der Waals surface area contributed by atoms with Gasteiger partial charge < -0.3 is 24.0 Å². The van der Waals surface area contributed by atoms with Gasteiger partial charge >= 0.3 is 5.97 Å². The Bertz CT molecular complexity index is 1200.